The summed E-state index contributed by atoms with van der Waals surface area (Å²) in [5.41, 5.74) is 0.162. The minimum absolute atomic E-state index is 0.162. The molecule has 2 unspecified atom stereocenters. The first kappa shape index (κ1) is 25.6. The molecule has 9 heteroatoms. The molecule has 0 aliphatic heterocycles. The van der Waals surface area contributed by atoms with E-state index in [4.69, 9.17) is 9.47 Å². The van der Waals surface area contributed by atoms with E-state index in [1.165, 1.54) is 17.8 Å². The number of halogens is 1. The molecule has 0 aliphatic rings. The van der Waals surface area contributed by atoms with Crippen LogP contribution in [-0.4, -0.2) is 33.0 Å². The summed E-state index contributed by atoms with van der Waals surface area (Å²) >= 11 is 1.32. The average molecular weight is 487 g/mol. The molecular weight excluding hydrogens is 455 g/mol. The van der Waals surface area contributed by atoms with Crippen LogP contribution in [0.15, 0.2) is 53.7 Å². The Bertz CT molecular complexity index is 1110. The Morgan fingerprint density at radius 2 is 1.76 bits per heavy atom. The van der Waals surface area contributed by atoms with Crippen molar-refractivity contribution >= 4 is 23.4 Å². The lowest BCUT2D eigenvalue weighted by Crippen LogP contribution is -2.26. The highest BCUT2D eigenvalue weighted by molar-refractivity contribution is 8.00. The van der Waals surface area contributed by atoms with Crippen LogP contribution in [0.1, 0.15) is 46.0 Å². The molecule has 0 bridgehead atoms. The van der Waals surface area contributed by atoms with Crippen LogP contribution in [0.2, 0.25) is 0 Å². The highest BCUT2D eigenvalue weighted by Gasteiger charge is 2.26. The van der Waals surface area contributed by atoms with Crippen molar-refractivity contribution in [3.63, 3.8) is 0 Å². The van der Waals surface area contributed by atoms with E-state index in [9.17, 15) is 9.18 Å². The van der Waals surface area contributed by atoms with E-state index in [1.54, 1.807) is 25.3 Å². The van der Waals surface area contributed by atoms with Crippen molar-refractivity contribution < 1.29 is 18.7 Å². The number of carbonyl (C=O) groups excluding carboxylic acids is 1. The minimum Gasteiger partial charge on any atom is -0.493 e. The molecule has 0 spiro atoms. The maximum Gasteiger partial charge on any atom is 0.238 e. The largest absolute Gasteiger partial charge is 0.493 e. The molecule has 2 atom stereocenters. The average Bonchev–Trinajstić information content (AvgIpc) is 3.20. The number of aromatic nitrogens is 3. The number of rotatable bonds is 11. The predicted octanol–water partition coefficient (Wildman–Crippen LogP) is 5.73. The van der Waals surface area contributed by atoms with E-state index in [1.807, 2.05) is 42.7 Å². The Morgan fingerprint density at radius 3 is 2.41 bits per heavy atom. The Balaban J connectivity index is 1.82. The van der Waals surface area contributed by atoms with Gasteiger partial charge in [-0.1, -0.05) is 56.8 Å². The lowest BCUT2D eigenvalue weighted by molar-refractivity contribution is -0.115. The molecule has 182 valence electrons. The zero-order valence-corrected chi connectivity index (χ0v) is 20.9. The summed E-state index contributed by atoms with van der Waals surface area (Å²) in [5.74, 6) is 1.47. The van der Waals surface area contributed by atoms with E-state index in [2.05, 4.69) is 29.4 Å². The Kier molecular flexibility index (Phi) is 8.92. The molecule has 1 amide bonds. The molecule has 3 rings (SSSR count). The van der Waals surface area contributed by atoms with Crippen LogP contribution in [0.25, 0.3) is 0 Å². The second kappa shape index (κ2) is 11.9. The Hall–Kier alpha value is -3.07. The van der Waals surface area contributed by atoms with Gasteiger partial charge in [0.25, 0.3) is 0 Å². The Labute approximate surface area is 204 Å². The van der Waals surface area contributed by atoms with Gasteiger partial charge in [-0.05, 0) is 43.5 Å². The molecule has 0 saturated heterocycles. The lowest BCUT2D eigenvalue weighted by atomic mass is 10.2. The van der Waals surface area contributed by atoms with E-state index >= 15 is 0 Å². The van der Waals surface area contributed by atoms with Crippen LogP contribution in [0.3, 0.4) is 0 Å². The van der Waals surface area contributed by atoms with Crippen LogP contribution >= 0.6 is 11.8 Å². The first-order valence-corrected chi connectivity index (χ1v) is 12.2. The Morgan fingerprint density at radius 1 is 1.09 bits per heavy atom. The van der Waals surface area contributed by atoms with Crippen LogP contribution in [0, 0.1) is 11.7 Å². The molecule has 0 radical (unpaired) electrons. The standard InChI is InChI=1S/C25H31FN4O3S/c1-6-22(24(31)27-19-12-8-7-11-18(19)26)34-25-29-28-23(30(25)15-16(2)3)17(4)33-21-14-10-9-13-20(21)32-5/h7-14,16-17,22H,6,15H2,1-5H3,(H,27,31). The third-order valence-corrected chi connectivity index (χ3v) is 6.42. The summed E-state index contributed by atoms with van der Waals surface area (Å²) in [4.78, 5) is 12.9. The lowest BCUT2D eigenvalue weighted by Gasteiger charge is -2.20. The van der Waals surface area contributed by atoms with Crippen molar-refractivity contribution in [3.8, 4) is 11.5 Å². The van der Waals surface area contributed by atoms with Gasteiger partial charge in [-0.15, -0.1) is 10.2 Å². The van der Waals surface area contributed by atoms with Crippen LogP contribution in [0.5, 0.6) is 11.5 Å². The quantitative estimate of drug-likeness (QED) is 0.349. The minimum atomic E-state index is -0.469. The van der Waals surface area contributed by atoms with Crippen molar-refractivity contribution in [2.45, 2.75) is 57.2 Å². The predicted molar refractivity (Wildman–Crippen MR) is 132 cm³/mol. The summed E-state index contributed by atoms with van der Waals surface area (Å²) in [7, 11) is 1.60. The zero-order chi connectivity index (χ0) is 24.7. The molecule has 1 N–H and O–H groups in total. The number of nitrogens with zero attached hydrogens (tertiary/aromatic N) is 3. The molecule has 1 heterocycles. The number of methoxy groups -OCH3 is 1. The molecule has 2 aromatic carbocycles. The van der Waals surface area contributed by atoms with Crippen molar-refractivity contribution in [3.05, 3.63) is 60.2 Å². The zero-order valence-electron chi connectivity index (χ0n) is 20.1. The summed E-state index contributed by atoms with van der Waals surface area (Å²) in [6.45, 7) is 8.69. The van der Waals surface area contributed by atoms with Gasteiger partial charge in [-0.2, -0.15) is 0 Å². The molecule has 7 nitrogen and oxygen atoms in total. The normalized spacial score (nSPS) is 12.9. The number of ether oxygens (including phenoxy) is 2. The monoisotopic (exact) mass is 486 g/mol. The number of carbonyl (C=O) groups is 1. The SMILES string of the molecule is CCC(Sc1nnc(C(C)Oc2ccccc2OC)n1CC(C)C)C(=O)Nc1ccccc1F. The van der Waals surface area contributed by atoms with Gasteiger partial charge in [0.1, 0.15) is 5.82 Å². The first-order chi connectivity index (χ1) is 16.3. The summed E-state index contributed by atoms with van der Waals surface area (Å²) < 4.78 is 27.5. The second-order valence-electron chi connectivity index (χ2n) is 8.24. The number of amides is 1. The fourth-order valence-electron chi connectivity index (χ4n) is 3.41. The molecular formula is C25H31FN4O3S. The fraction of sp³-hybridized carbons (Fsp3) is 0.400. The van der Waals surface area contributed by atoms with E-state index in [-0.39, 0.29) is 11.6 Å². The topological polar surface area (TPSA) is 78.3 Å². The van der Waals surface area contributed by atoms with Crippen LogP contribution in [-0.2, 0) is 11.3 Å². The third-order valence-electron chi connectivity index (χ3n) is 5.07. The van der Waals surface area contributed by atoms with Gasteiger partial charge in [0, 0.05) is 6.54 Å². The number of hydrogen-bond donors (Lipinski definition) is 1. The van der Waals surface area contributed by atoms with Crippen LogP contribution < -0.4 is 14.8 Å². The number of benzene rings is 2. The second-order valence-corrected chi connectivity index (χ2v) is 9.41. The fourth-order valence-corrected chi connectivity index (χ4v) is 4.38. The van der Waals surface area contributed by atoms with E-state index in [0.717, 1.165) is 0 Å². The number of para-hydroxylation sites is 3. The van der Waals surface area contributed by atoms with Gasteiger partial charge in [-0.3, -0.25) is 4.79 Å². The van der Waals surface area contributed by atoms with Crippen LogP contribution in [0.4, 0.5) is 10.1 Å². The number of hydrogen-bond acceptors (Lipinski definition) is 6. The van der Waals surface area contributed by atoms with Crippen molar-refractivity contribution in [1.82, 2.24) is 14.8 Å². The molecule has 0 fully saturated rings. The van der Waals surface area contributed by atoms with Gasteiger partial charge >= 0.3 is 0 Å². The maximum atomic E-state index is 14.0. The molecule has 3 aromatic rings. The van der Waals surface area contributed by atoms with Gasteiger partial charge in [0.2, 0.25) is 5.91 Å². The molecule has 0 aliphatic carbocycles. The number of anilines is 1. The van der Waals surface area contributed by atoms with E-state index < -0.39 is 17.2 Å². The number of thioether (sulfide) groups is 1. The smallest absolute Gasteiger partial charge is 0.238 e. The van der Waals surface area contributed by atoms with Crippen molar-refractivity contribution in [2.24, 2.45) is 5.92 Å². The van der Waals surface area contributed by atoms with Gasteiger partial charge in [-0.25, -0.2) is 4.39 Å². The molecule has 1 aromatic heterocycles. The summed E-state index contributed by atoms with van der Waals surface area (Å²) in [6.07, 6.45) is 0.145. The number of nitrogens with one attached hydrogen (secondary N) is 1. The van der Waals surface area contributed by atoms with Crippen molar-refractivity contribution in [1.29, 1.82) is 0 Å². The third kappa shape index (κ3) is 6.28. The highest BCUT2D eigenvalue weighted by Crippen LogP contribution is 2.33. The van der Waals surface area contributed by atoms with Crippen molar-refractivity contribution in [2.75, 3.05) is 12.4 Å². The first-order valence-electron chi connectivity index (χ1n) is 11.3. The summed E-state index contributed by atoms with van der Waals surface area (Å²) in [6, 6.07) is 13.6. The van der Waals surface area contributed by atoms with Gasteiger partial charge in [0.15, 0.2) is 28.6 Å². The van der Waals surface area contributed by atoms with Gasteiger partial charge in [0.05, 0.1) is 18.0 Å². The van der Waals surface area contributed by atoms with E-state index in [0.29, 0.717) is 41.4 Å². The molecule has 0 saturated carbocycles. The molecule has 34 heavy (non-hydrogen) atoms. The highest BCUT2D eigenvalue weighted by atomic mass is 32.2. The maximum absolute atomic E-state index is 14.0. The van der Waals surface area contributed by atoms with Gasteiger partial charge < -0.3 is 19.4 Å². The summed E-state index contributed by atoms with van der Waals surface area (Å²) in [5, 5.41) is 11.6.